The Labute approximate surface area is 82.6 Å². The van der Waals surface area contributed by atoms with Gasteiger partial charge in [0.1, 0.15) is 0 Å². The number of thiazole rings is 1. The predicted octanol–water partition coefficient (Wildman–Crippen LogP) is 2.07. The highest BCUT2D eigenvalue weighted by Crippen LogP contribution is 2.32. The second kappa shape index (κ2) is 3.39. The summed E-state index contributed by atoms with van der Waals surface area (Å²) in [6.07, 6.45) is 3.14. The smallest absolute Gasteiger partial charge is 0.0900 e. The summed E-state index contributed by atoms with van der Waals surface area (Å²) in [7, 11) is 0. The highest BCUT2D eigenvalue weighted by atomic mass is 32.1. The lowest BCUT2D eigenvalue weighted by Crippen LogP contribution is -2.32. The first-order chi connectivity index (χ1) is 6.16. The van der Waals surface area contributed by atoms with Crippen LogP contribution in [0.1, 0.15) is 28.4 Å². The second-order valence-corrected chi connectivity index (χ2v) is 5.14. The fourth-order valence-electron chi connectivity index (χ4n) is 1.79. The van der Waals surface area contributed by atoms with E-state index < -0.39 is 0 Å². The average molecular weight is 197 g/mol. The van der Waals surface area contributed by atoms with Crippen molar-refractivity contribution in [2.75, 3.05) is 0 Å². The van der Waals surface area contributed by atoms with Gasteiger partial charge in [-0.15, -0.1) is 11.3 Å². The fraction of sp³-hybridized carbons (Fsp3) is 0.700. The quantitative estimate of drug-likeness (QED) is 0.787. The van der Waals surface area contributed by atoms with Gasteiger partial charge >= 0.3 is 0 Å². The van der Waals surface area contributed by atoms with Gasteiger partial charge in [-0.2, -0.15) is 0 Å². The van der Waals surface area contributed by atoms with E-state index in [1.807, 2.05) is 6.92 Å². The van der Waals surface area contributed by atoms with Crippen LogP contribution in [0.5, 0.6) is 0 Å². The normalized spacial score (nSPS) is 27.3. The van der Waals surface area contributed by atoms with Crippen molar-refractivity contribution in [1.82, 2.24) is 4.98 Å². The maximum Gasteiger partial charge on any atom is 0.0900 e. The molecule has 0 spiro atoms. The van der Waals surface area contributed by atoms with E-state index in [1.54, 1.807) is 11.3 Å². The van der Waals surface area contributed by atoms with Crippen molar-refractivity contribution >= 4 is 11.3 Å². The van der Waals surface area contributed by atoms with Crippen molar-refractivity contribution in [3.8, 4) is 0 Å². The topological polar surface area (TPSA) is 33.1 Å². The number of nitrogens with zero attached hydrogens (tertiary/aromatic N) is 1. The van der Waals surface area contributed by atoms with Gasteiger partial charge in [0.05, 0.1) is 16.8 Å². The van der Waals surface area contributed by atoms with Gasteiger partial charge < -0.3 is 5.11 Å². The molecule has 1 aromatic heterocycles. The third-order valence-corrected chi connectivity index (χ3v) is 3.92. The van der Waals surface area contributed by atoms with Crippen molar-refractivity contribution in [2.24, 2.45) is 5.92 Å². The summed E-state index contributed by atoms with van der Waals surface area (Å²) < 4.78 is 0. The number of aromatic nitrogens is 1. The van der Waals surface area contributed by atoms with Crippen LogP contribution in [0.2, 0.25) is 0 Å². The minimum Gasteiger partial charge on any atom is -0.393 e. The van der Waals surface area contributed by atoms with Gasteiger partial charge in [-0.1, -0.05) is 0 Å². The summed E-state index contributed by atoms with van der Waals surface area (Å²) in [4.78, 5) is 5.75. The van der Waals surface area contributed by atoms with Crippen LogP contribution in [-0.4, -0.2) is 16.2 Å². The van der Waals surface area contributed by atoms with E-state index in [0.29, 0.717) is 5.92 Å². The van der Waals surface area contributed by atoms with E-state index in [0.717, 1.165) is 23.5 Å². The number of hydrogen-bond donors (Lipinski definition) is 1. The number of aliphatic hydroxyl groups is 1. The van der Waals surface area contributed by atoms with Gasteiger partial charge in [-0.25, -0.2) is 4.98 Å². The standard InChI is InChI=1S/C10H15NOS/c1-6-10(13-7(2)11-6)5-8-3-4-9(8)12/h8-9,12H,3-5H2,1-2H3. The number of hydrogen-bond acceptors (Lipinski definition) is 3. The van der Waals surface area contributed by atoms with Crippen LogP contribution in [-0.2, 0) is 6.42 Å². The third kappa shape index (κ3) is 1.76. The van der Waals surface area contributed by atoms with Crippen LogP contribution in [0, 0.1) is 19.8 Å². The molecule has 13 heavy (non-hydrogen) atoms. The zero-order chi connectivity index (χ0) is 9.42. The Morgan fingerprint density at radius 2 is 2.23 bits per heavy atom. The van der Waals surface area contributed by atoms with Crippen LogP contribution in [0.15, 0.2) is 0 Å². The Morgan fingerprint density at radius 1 is 1.46 bits per heavy atom. The van der Waals surface area contributed by atoms with Crippen molar-refractivity contribution in [3.05, 3.63) is 15.6 Å². The molecule has 1 heterocycles. The number of aliphatic hydroxyl groups excluding tert-OH is 1. The Morgan fingerprint density at radius 3 is 2.62 bits per heavy atom. The van der Waals surface area contributed by atoms with Crippen molar-refractivity contribution in [3.63, 3.8) is 0 Å². The molecule has 1 saturated carbocycles. The molecule has 1 aromatic rings. The van der Waals surface area contributed by atoms with Gasteiger partial charge in [0.15, 0.2) is 0 Å². The van der Waals surface area contributed by atoms with Crippen molar-refractivity contribution in [1.29, 1.82) is 0 Å². The SMILES string of the molecule is Cc1nc(C)c(CC2CCC2O)s1. The summed E-state index contributed by atoms with van der Waals surface area (Å²) in [6.45, 7) is 4.10. The zero-order valence-electron chi connectivity index (χ0n) is 8.08. The van der Waals surface area contributed by atoms with E-state index in [2.05, 4.69) is 11.9 Å². The molecule has 0 aromatic carbocycles. The van der Waals surface area contributed by atoms with Crippen LogP contribution < -0.4 is 0 Å². The average Bonchev–Trinajstić information content (AvgIpc) is 2.38. The van der Waals surface area contributed by atoms with E-state index in [4.69, 9.17) is 0 Å². The lowest BCUT2D eigenvalue weighted by Gasteiger charge is -2.32. The van der Waals surface area contributed by atoms with Gasteiger partial charge in [-0.05, 0) is 39.0 Å². The Kier molecular flexibility index (Phi) is 2.39. The highest BCUT2D eigenvalue weighted by Gasteiger charge is 2.29. The predicted molar refractivity (Wildman–Crippen MR) is 54.0 cm³/mol. The summed E-state index contributed by atoms with van der Waals surface area (Å²) >= 11 is 1.77. The molecule has 2 unspecified atom stereocenters. The molecule has 0 radical (unpaired) electrons. The first-order valence-corrected chi connectivity index (χ1v) is 5.59. The summed E-state index contributed by atoms with van der Waals surface area (Å²) in [5.74, 6) is 0.499. The fourth-order valence-corrected chi connectivity index (χ4v) is 2.82. The van der Waals surface area contributed by atoms with E-state index in [1.165, 1.54) is 11.3 Å². The van der Waals surface area contributed by atoms with E-state index in [-0.39, 0.29) is 6.10 Å². The lowest BCUT2D eigenvalue weighted by molar-refractivity contribution is 0.0247. The summed E-state index contributed by atoms with van der Waals surface area (Å²) in [5.41, 5.74) is 1.15. The molecule has 2 rings (SSSR count). The monoisotopic (exact) mass is 197 g/mol. The molecule has 3 heteroatoms. The van der Waals surface area contributed by atoms with Crippen LogP contribution in [0.3, 0.4) is 0 Å². The molecule has 1 aliphatic carbocycles. The van der Waals surface area contributed by atoms with E-state index >= 15 is 0 Å². The molecular formula is C10H15NOS. The van der Waals surface area contributed by atoms with Crippen LogP contribution in [0.4, 0.5) is 0 Å². The largest absolute Gasteiger partial charge is 0.393 e. The van der Waals surface area contributed by atoms with Crippen molar-refractivity contribution < 1.29 is 5.11 Å². The van der Waals surface area contributed by atoms with Crippen molar-refractivity contribution in [2.45, 2.75) is 39.2 Å². The van der Waals surface area contributed by atoms with Gasteiger partial charge in [0.25, 0.3) is 0 Å². The maximum atomic E-state index is 9.45. The van der Waals surface area contributed by atoms with Gasteiger partial charge in [-0.3, -0.25) is 0 Å². The Hall–Kier alpha value is -0.410. The molecule has 2 nitrogen and oxygen atoms in total. The molecule has 2 atom stereocenters. The molecular weight excluding hydrogens is 182 g/mol. The Balaban J connectivity index is 2.04. The Bertz CT molecular complexity index is 308. The van der Waals surface area contributed by atoms with Gasteiger partial charge in [0.2, 0.25) is 0 Å². The van der Waals surface area contributed by atoms with Crippen LogP contribution in [0.25, 0.3) is 0 Å². The number of aryl methyl sites for hydroxylation is 2. The van der Waals surface area contributed by atoms with Gasteiger partial charge in [0, 0.05) is 4.88 Å². The second-order valence-electron chi connectivity index (χ2n) is 3.85. The first-order valence-electron chi connectivity index (χ1n) is 4.78. The summed E-state index contributed by atoms with van der Waals surface area (Å²) in [6, 6.07) is 0. The first kappa shape index (κ1) is 9.16. The molecule has 1 N–H and O–H groups in total. The molecule has 72 valence electrons. The minimum atomic E-state index is -0.0539. The van der Waals surface area contributed by atoms with Crippen LogP contribution >= 0.6 is 11.3 Å². The molecule has 1 fully saturated rings. The summed E-state index contributed by atoms with van der Waals surface area (Å²) in [5, 5.41) is 10.6. The zero-order valence-corrected chi connectivity index (χ0v) is 8.90. The third-order valence-electron chi connectivity index (χ3n) is 2.82. The maximum absolute atomic E-state index is 9.45. The molecule has 1 aliphatic rings. The molecule has 0 amide bonds. The lowest BCUT2D eigenvalue weighted by atomic mass is 9.79. The minimum absolute atomic E-state index is 0.0539. The number of rotatable bonds is 2. The molecule has 0 aliphatic heterocycles. The van der Waals surface area contributed by atoms with E-state index in [9.17, 15) is 5.11 Å². The molecule has 0 bridgehead atoms. The highest BCUT2D eigenvalue weighted by molar-refractivity contribution is 7.11. The molecule has 0 saturated heterocycles.